The number of nitrogens with zero attached hydrogens (tertiary/aromatic N) is 4. The fraction of sp³-hybridized carbons (Fsp3) is 0.833. The summed E-state index contributed by atoms with van der Waals surface area (Å²) in [6.07, 6.45) is -3.24. The highest BCUT2D eigenvalue weighted by molar-refractivity contribution is 5.37. The van der Waals surface area contributed by atoms with Gasteiger partial charge in [0.15, 0.2) is 0 Å². The summed E-state index contributed by atoms with van der Waals surface area (Å²) in [6, 6.07) is 0. The lowest BCUT2D eigenvalue weighted by Crippen LogP contribution is -2.40. The molecule has 0 aliphatic carbocycles. The van der Waals surface area contributed by atoms with Gasteiger partial charge in [0.2, 0.25) is 5.95 Å². The highest BCUT2D eigenvalue weighted by atomic mass is 19.4. The van der Waals surface area contributed by atoms with E-state index < -0.39 is 12.6 Å². The average molecular weight is 276 g/mol. The van der Waals surface area contributed by atoms with Crippen LogP contribution in [-0.2, 0) is 13.0 Å². The highest BCUT2D eigenvalue weighted by Crippen LogP contribution is 2.33. The molecule has 1 aromatic heterocycles. The first kappa shape index (κ1) is 14.1. The number of anilines is 1. The first-order chi connectivity index (χ1) is 8.74. The molecular formula is C12H19F3N4. The van der Waals surface area contributed by atoms with Crippen LogP contribution in [0.2, 0.25) is 0 Å². The van der Waals surface area contributed by atoms with Crippen LogP contribution in [0.4, 0.5) is 19.1 Å². The molecule has 0 atom stereocenters. The zero-order valence-electron chi connectivity index (χ0n) is 11.5. The molecule has 1 saturated heterocycles. The van der Waals surface area contributed by atoms with Gasteiger partial charge in [0.25, 0.3) is 0 Å². The van der Waals surface area contributed by atoms with Gasteiger partial charge in [-0.3, -0.25) is 4.57 Å². The van der Waals surface area contributed by atoms with Crippen LogP contribution < -0.4 is 4.90 Å². The van der Waals surface area contributed by atoms with Crippen molar-refractivity contribution in [1.29, 1.82) is 0 Å². The van der Waals surface area contributed by atoms with E-state index >= 15 is 0 Å². The Balaban J connectivity index is 2.32. The lowest BCUT2D eigenvalue weighted by Gasteiger charge is -2.32. The second-order valence-corrected chi connectivity index (χ2v) is 5.52. The number of alkyl halides is 3. The van der Waals surface area contributed by atoms with Crippen LogP contribution in [0.1, 0.15) is 39.4 Å². The molecule has 2 rings (SSSR count). The third-order valence-electron chi connectivity index (χ3n) is 3.63. The molecule has 0 bridgehead atoms. The van der Waals surface area contributed by atoms with Gasteiger partial charge in [0.1, 0.15) is 12.2 Å². The SMILES string of the molecule is CCn1c(CC(F)(F)F)nnc1N1CCCC1(C)C. The van der Waals surface area contributed by atoms with Crippen LogP contribution in [0.15, 0.2) is 0 Å². The molecule has 2 heterocycles. The van der Waals surface area contributed by atoms with Crippen molar-refractivity contribution in [1.82, 2.24) is 14.8 Å². The molecular weight excluding hydrogens is 257 g/mol. The standard InChI is InChI=1S/C12H19F3N4/c1-4-18-9(8-12(13,14)15)16-17-10(18)19-7-5-6-11(19,2)3/h4-8H2,1-3H3. The summed E-state index contributed by atoms with van der Waals surface area (Å²) >= 11 is 0. The molecule has 0 saturated carbocycles. The average Bonchev–Trinajstić information content (AvgIpc) is 2.78. The Kier molecular flexibility index (Phi) is 3.49. The third kappa shape index (κ3) is 2.84. The van der Waals surface area contributed by atoms with E-state index in [1.54, 1.807) is 4.57 Å². The van der Waals surface area contributed by atoms with Crippen LogP contribution in [0, 0.1) is 0 Å². The minimum absolute atomic E-state index is 0.00676. The van der Waals surface area contributed by atoms with Gasteiger partial charge >= 0.3 is 6.18 Å². The molecule has 0 radical (unpaired) electrons. The molecule has 0 unspecified atom stereocenters. The monoisotopic (exact) mass is 276 g/mol. The van der Waals surface area contributed by atoms with Crippen LogP contribution in [-0.4, -0.2) is 33.0 Å². The second-order valence-electron chi connectivity index (χ2n) is 5.52. The maximum absolute atomic E-state index is 12.5. The van der Waals surface area contributed by atoms with Gasteiger partial charge in [-0.25, -0.2) is 0 Å². The predicted octanol–water partition coefficient (Wildman–Crippen LogP) is 2.78. The summed E-state index contributed by atoms with van der Waals surface area (Å²) in [7, 11) is 0. The van der Waals surface area contributed by atoms with Crippen molar-refractivity contribution in [2.24, 2.45) is 0 Å². The summed E-state index contributed by atoms with van der Waals surface area (Å²) in [4.78, 5) is 2.06. The van der Waals surface area contributed by atoms with Crippen molar-refractivity contribution >= 4 is 5.95 Å². The number of hydrogen-bond acceptors (Lipinski definition) is 3. The summed E-state index contributed by atoms with van der Waals surface area (Å²) in [5.74, 6) is 0.553. The van der Waals surface area contributed by atoms with E-state index in [-0.39, 0.29) is 11.4 Å². The Hall–Kier alpha value is -1.27. The maximum Gasteiger partial charge on any atom is 0.396 e. The van der Waals surface area contributed by atoms with Crippen LogP contribution >= 0.6 is 0 Å². The molecule has 1 aliphatic rings. The lowest BCUT2D eigenvalue weighted by molar-refractivity contribution is -0.129. The van der Waals surface area contributed by atoms with E-state index in [2.05, 4.69) is 28.9 Å². The maximum atomic E-state index is 12.5. The largest absolute Gasteiger partial charge is 0.396 e. The van der Waals surface area contributed by atoms with E-state index in [4.69, 9.17) is 0 Å². The lowest BCUT2D eigenvalue weighted by atomic mass is 10.0. The minimum atomic E-state index is -4.25. The predicted molar refractivity (Wildman–Crippen MR) is 66.1 cm³/mol. The fourth-order valence-electron chi connectivity index (χ4n) is 2.64. The Labute approximate surface area is 110 Å². The topological polar surface area (TPSA) is 34.0 Å². The smallest absolute Gasteiger partial charge is 0.336 e. The molecule has 1 fully saturated rings. The van der Waals surface area contributed by atoms with Gasteiger partial charge in [0.05, 0.1) is 0 Å². The van der Waals surface area contributed by atoms with Gasteiger partial charge < -0.3 is 4.90 Å². The fourth-order valence-corrected chi connectivity index (χ4v) is 2.64. The first-order valence-corrected chi connectivity index (χ1v) is 6.51. The Bertz CT molecular complexity index is 450. The molecule has 7 heteroatoms. The molecule has 1 aliphatic heterocycles. The van der Waals surface area contributed by atoms with Crippen molar-refractivity contribution in [3.8, 4) is 0 Å². The van der Waals surface area contributed by atoms with Crippen LogP contribution in [0.3, 0.4) is 0 Å². The van der Waals surface area contributed by atoms with E-state index in [0.717, 1.165) is 19.4 Å². The third-order valence-corrected chi connectivity index (χ3v) is 3.63. The zero-order valence-corrected chi connectivity index (χ0v) is 11.5. The Morgan fingerprint density at radius 3 is 2.42 bits per heavy atom. The van der Waals surface area contributed by atoms with Crippen LogP contribution in [0.25, 0.3) is 0 Å². The van der Waals surface area contributed by atoms with Crippen molar-refractivity contribution in [3.63, 3.8) is 0 Å². The van der Waals surface area contributed by atoms with Gasteiger partial charge in [0, 0.05) is 18.6 Å². The zero-order chi connectivity index (χ0) is 14.3. The number of aromatic nitrogens is 3. The molecule has 19 heavy (non-hydrogen) atoms. The van der Waals surface area contributed by atoms with Gasteiger partial charge in [-0.05, 0) is 33.6 Å². The number of hydrogen-bond donors (Lipinski definition) is 0. The van der Waals surface area contributed by atoms with E-state index in [1.165, 1.54) is 0 Å². The van der Waals surface area contributed by atoms with Crippen molar-refractivity contribution in [2.75, 3.05) is 11.4 Å². The van der Waals surface area contributed by atoms with Crippen molar-refractivity contribution < 1.29 is 13.2 Å². The van der Waals surface area contributed by atoms with Crippen molar-refractivity contribution in [2.45, 2.75) is 58.3 Å². The molecule has 0 aromatic carbocycles. The van der Waals surface area contributed by atoms with Gasteiger partial charge in [-0.2, -0.15) is 13.2 Å². The molecule has 0 N–H and O–H groups in total. The first-order valence-electron chi connectivity index (χ1n) is 6.51. The molecule has 4 nitrogen and oxygen atoms in total. The van der Waals surface area contributed by atoms with E-state index in [1.807, 2.05) is 6.92 Å². The summed E-state index contributed by atoms with van der Waals surface area (Å²) in [5.41, 5.74) is -0.0740. The van der Waals surface area contributed by atoms with Crippen LogP contribution in [0.5, 0.6) is 0 Å². The van der Waals surface area contributed by atoms with Gasteiger partial charge in [-0.15, -0.1) is 10.2 Å². The summed E-state index contributed by atoms with van der Waals surface area (Å²) < 4.78 is 39.1. The summed E-state index contributed by atoms with van der Waals surface area (Å²) in [6.45, 7) is 7.24. The Morgan fingerprint density at radius 2 is 1.95 bits per heavy atom. The van der Waals surface area contributed by atoms with E-state index in [9.17, 15) is 13.2 Å². The Morgan fingerprint density at radius 1 is 1.26 bits per heavy atom. The molecule has 0 amide bonds. The van der Waals surface area contributed by atoms with Gasteiger partial charge in [-0.1, -0.05) is 0 Å². The minimum Gasteiger partial charge on any atom is -0.336 e. The van der Waals surface area contributed by atoms with Crippen molar-refractivity contribution in [3.05, 3.63) is 5.82 Å². The molecule has 108 valence electrons. The summed E-state index contributed by atoms with van der Waals surface area (Å²) in [5, 5.41) is 7.72. The quantitative estimate of drug-likeness (QED) is 0.851. The molecule has 1 aromatic rings. The number of rotatable bonds is 3. The number of halogens is 3. The second kappa shape index (κ2) is 4.68. The normalized spacial score (nSPS) is 19.2. The highest BCUT2D eigenvalue weighted by Gasteiger charge is 2.37. The van der Waals surface area contributed by atoms with E-state index in [0.29, 0.717) is 12.5 Å². The molecule has 0 spiro atoms.